The van der Waals surface area contributed by atoms with E-state index in [2.05, 4.69) is 0 Å². The highest BCUT2D eigenvalue weighted by molar-refractivity contribution is 5.96. The number of carbonyl (C=O) groups is 1. The van der Waals surface area contributed by atoms with Crippen LogP contribution in [0.25, 0.3) is 0 Å². The van der Waals surface area contributed by atoms with Crippen LogP contribution in [0.4, 0.5) is 0 Å². The molecule has 1 heterocycles. The van der Waals surface area contributed by atoms with Gasteiger partial charge in [0.1, 0.15) is 23.2 Å². The summed E-state index contributed by atoms with van der Waals surface area (Å²) in [6.45, 7) is 1.23. The first-order chi connectivity index (χ1) is 7.54. The van der Waals surface area contributed by atoms with E-state index in [-0.39, 0.29) is 29.2 Å². The van der Waals surface area contributed by atoms with E-state index in [1.54, 1.807) is 0 Å². The van der Waals surface area contributed by atoms with Crippen LogP contribution in [0.3, 0.4) is 0 Å². The zero-order valence-electron chi connectivity index (χ0n) is 8.73. The molecule has 2 rings (SSSR count). The number of aliphatic hydroxyl groups is 1. The molecule has 1 aliphatic heterocycles. The molecule has 0 bridgehead atoms. The monoisotopic (exact) mass is 224 g/mol. The van der Waals surface area contributed by atoms with Gasteiger partial charge in [0.2, 0.25) is 0 Å². The lowest BCUT2D eigenvalue weighted by Gasteiger charge is -2.24. The van der Waals surface area contributed by atoms with Gasteiger partial charge in [-0.2, -0.15) is 0 Å². The zero-order chi connectivity index (χ0) is 11.9. The molecule has 1 aliphatic rings. The lowest BCUT2D eigenvalue weighted by molar-refractivity contribution is 0.00895. The Balaban J connectivity index is 2.57. The highest BCUT2D eigenvalue weighted by Crippen LogP contribution is 2.36. The molecule has 3 N–H and O–H groups in total. The number of cyclic esters (lactones) is 1. The minimum Gasteiger partial charge on any atom is -0.508 e. The number of aromatic hydroxyl groups is 2. The van der Waals surface area contributed by atoms with Gasteiger partial charge < -0.3 is 20.1 Å². The summed E-state index contributed by atoms with van der Waals surface area (Å²) in [6, 6.07) is 1.42. The van der Waals surface area contributed by atoms with Gasteiger partial charge in [-0.1, -0.05) is 0 Å². The molecule has 86 valence electrons. The maximum absolute atomic E-state index is 11.6. The standard InChI is InChI=1S/C11H12O5/c1-5-8(13)3-6-2-7(4-12)16-11(15)9(6)10(5)14/h3,7,12-14H,2,4H2,1H3/t7-/m0/s1. The van der Waals surface area contributed by atoms with Crippen LogP contribution in [-0.2, 0) is 11.2 Å². The molecule has 0 aliphatic carbocycles. The van der Waals surface area contributed by atoms with Gasteiger partial charge in [-0.15, -0.1) is 0 Å². The fourth-order valence-electron chi connectivity index (χ4n) is 1.79. The van der Waals surface area contributed by atoms with Gasteiger partial charge in [-0.3, -0.25) is 0 Å². The van der Waals surface area contributed by atoms with E-state index in [0.29, 0.717) is 12.0 Å². The van der Waals surface area contributed by atoms with Crippen LogP contribution in [0.5, 0.6) is 11.5 Å². The van der Waals surface area contributed by atoms with E-state index in [1.807, 2.05) is 0 Å². The number of benzene rings is 1. The van der Waals surface area contributed by atoms with Gasteiger partial charge in [0.15, 0.2) is 0 Å². The summed E-state index contributed by atoms with van der Waals surface area (Å²) in [4.78, 5) is 11.6. The van der Waals surface area contributed by atoms with Crippen molar-refractivity contribution >= 4 is 5.97 Å². The third-order valence-corrected chi connectivity index (χ3v) is 2.74. The average molecular weight is 224 g/mol. The van der Waals surface area contributed by atoms with Gasteiger partial charge >= 0.3 is 5.97 Å². The second kappa shape index (κ2) is 3.68. The van der Waals surface area contributed by atoms with Crippen molar-refractivity contribution in [2.24, 2.45) is 0 Å². The Morgan fingerprint density at radius 1 is 1.50 bits per heavy atom. The normalized spacial score (nSPS) is 19.1. The van der Waals surface area contributed by atoms with Gasteiger partial charge in [0, 0.05) is 12.0 Å². The summed E-state index contributed by atoms with van der Waals surface area (Å²) in [6.07, 6.45) is -0.319. The molecule has 1 atom stereocenters. The lowest BCUT2D eigenvalue weighted by Crippen LogP contribution is -2.30. The lowest BCUT2D eigenvalue weighted by atomic mass is 9.95. The molecule has 0 amide bonds. The Kier molecular flexibility index (Phi) is 2.47. The number of aliphatic hydroxyl groups excluding tert-OH is 1. The summed E-state index contributed by atoms with van der Waals surface area (Å²) in [5.74, 6) is -0.986. The SMILES string of the molecule is Cc1c(O)cc2c(c1O)C(=O)O[C@H](CO)C2. The van der Waals surface area contributed by atoms with Gasteiger partial charge in [-0.05, 0) is 18.6 Å². The van der Waals surface area contributed by atoms with Crippen LogP contribution in [0.15, 0.2) is 6.07 Å². The van der Waals surface area contributed by atoms with E-state index >= 15 is 0 Å². The van der Waals surface area contributed by atoms with Crippen LogP contribution in [0.2, 0.25) is 0 Å². The van der Waals surface area contributed by atoms with E-state index in [4.69, 9.17) is 9.84 Å². The summed E-state index contributed by atoms with van der Waals surface area (Å²) in [7, 11) is 0. The Labute approximate surface area is 91.9 Å². The maximum atomic E-state index is 11.6. The zero-order valence-corrected chi connectivity index (χ0v) is 8.73. The molecule has 1 aromatic carbocycles. The Hall–Kier alpha value is -1.75. The van der Waals surface area contributed by atoms with E-state index in [1.165, 1.54) is 13.0 Å². The van der Waals surface area contributed by atoms with E-state index in [9.17, 15) is 15.0 Å². The smallest absolute Gasteiger partial charge is 0.342 e. The van der Waals surface area contributed by atoms with Crippen molar-refractivity contribution in [2.45, 2.75) is 19.4 Å². The van der Waals surface area contributed by atoms with Crippen LogP contribution in [0.1, 0.15) is 21.5 Å². The molecular weight excluding hydrogens is 212 g/mol. The predicted molar refractivity (Wildman–Crippen MR) is 54.5 cm³/mol. The summed E-state index contributed by atoms with van der Waals surface area (Å²) in [5, 5.41) is 28.2. The third-order valence-electron chi connectivity index (χ3n) is 2.74. The number of carbonyl (C=O) groups excluding carboxylic acids is 1. The van der Waals surface area contributed by atoms with Gasteiger partial charge in [0.05, 0.1) is 6.61 Å². The quantitative estimate of drug-likeness (QED) is 0.604. The number of rotatable bonds is 1. The molecule has 0 saturated heterocycles. The van der Waals surface area contributed by atoms with Crippen molar-refractivity contribution in [1.29, 1.82) is 0 Å². The van der Waals surface area contributed by atoms with Crippen molar-refractivity contribution in [3.63, 3.8) is 0 Å². The fourth-order valence-corrected chi connectivity index (χ4v) is 1.79. The molecule has 1 aromatic rings. The molecule has 0 saturated carbocycles. The van der Waals surface area contributed by atoms with Crippen LogP contribution in [-0.4, -0.2) is 34.0 Å². The average Bonchev–Trinajstić information content (AvgIpc) is 2.25. The second-order valence-corrected chi connectivity index (χ2v) is 3.82. The number of fused-ring (bicyclic) bond motifs is 1. The number of hydrogen-bond donors (Lipinski definition) is 3. The van der Waals surface area contributed by atoms with Crippen molar-refractivity contribution < 1.29 is 24.9 Å². The molecule has 0 unspecified atom stereocenters. The number of ether oxygens (including phenoxy) is 1. The molecule has 0 aromatic heterocycles. The first-order valence-electron chi connectivity index (χ1n) is 4.90. The van der Waals surface area contributed by atoms with E-state index < -0.39 is 12.1 Å². The largest absolute Gasteiger partial charge is 0.508 e. The third kappa shape index (κ3) is 1.49. The van der Waals surface area contributed by atoms with Gasteiger partial charge in [-0.25, -0.2) is 4.79 Å². The number of esters is 1. The van der Waals surface area contributed by atoms with Crippen molar-refractivity contribution in [3.05, 3.63) is 22.8 Å². The van der Waals surface area contributed by atoms with E-state index in [0.717, 1.165) is 0 Å². The molecule has 5 nitrogen and oxygen atoms in total. The highest BCUT2D eigenvalue weighted by Gasteiger charge is 2.30. The summed E-state index contributed by atoms with van der Waals surface area (Å²) in [5.41, 5.74) is 0.828. The van der Waals surface area contributed by atoms with Crippen molar-refractivity contribution in [3.8, 4) is 11.5 Å². The minimum absolute atomic E-state index is 0.0670. The van der Waals surface area contributed by atoms with Crippen LogP contribution in [0, 0.1) is 6.92 Å². The van der Waals surface area contributed by atoms with Crippen LogP contribution < -0.4 is 0 Å². The number of phenols is 2. The Bertz CT molecular complexity index is 452. The maximum Gasteiger partial charge on any atom is 0.342 e. The molecule has 16 heavy (non-hydrogen) atoms. The second-order valence-electron chi connectivity index (χ2n) is 3.82. The Morgan fingerprint density at radius 2 is 2.19 bits per heavy atom. The Morgan fingerprint density at radius 3 is 2.81 bits per heavy atom. The van der Waals surface area contributed by atoms with Gasteiger partial charge in [0.25, 0.3) is 0 Å². The molecule has 0 radical (unpaired) electrons. The minimum atomic E-state index is -0.666. The number of hydrogen-bond acceptors (Lipinski definition) is 5. The summed E-state index contributed by atoms with van der Waals surface area (Å²) >= 11 is 0. The molecular formula is C11H12O5. The fraction of sp³-hybridized carbons (Fsp3) is 0.364. The molecule has 5 heteroatoms. The molecule has 0 fully saturated rings. The topological polar surface area (TPSA) is 87.0 Å². The first kappa shape index (κ1) is 10.8. The molecule has 0 spiro atoms. The van der Waals surface area contributed by atoms with Crippen molar-refractivity contribution in [1.82, 2.24) is 0 Å². The van der Waals surface area contributed by atoms with Crippen LogP contribution >= 0.6 is 0 Å². The number of phenolic OH excluding ortho intramolecular Hbond substituents is 2. The van der Waals surface area contributed by atoms with Crippen molar-refractivity contribution in [2.75, 3.05) is 6.61 Å². The predicted octanol–water partition coefficient (Wildman–Crippen LogP) is 0.480. The summed E-state index contributed by atoms with van der Waals surface area (Å²) < 4.78 is 4.91. The first-order valence-corrected chi connectivity index (χ1v) is 4.90. The highest BCUT2D eigenvalue weighted by atomic mass is 16.6.